The molecule has 88 valence electrons. The molecule has 0 saturated carbocycles. The van der Waals surface area contributed by atoms with Gasteiger partial charge in [-0.15, -0.1) is 0 Å². The fourth-order valence-electron chi connectivity index (χ4n) is 1.18. The third-order valence-electron chi connectivity index (χ3n) is 1.79. The number of hydrogen-bond donors (Lipinski definition) is 2. The Kier molecular flexibility index (Phi) is 7.57. The van der Waals surface area contributed by atoms with Crippen molar-refractivity contribution in [2.75, 3.05) is 33.4 Å². The number of carbonyl (C=O) groups is 2. The molecular formula is C9H17NO5. The van der Waals surface area contributed by atoms with Crippen molar-refractivity contribution in [3.05, 3.63) is 0 Å². The standard InChI is InChI=1S/C9H17NO5/c1-15-5-3-2-4-10(6-8(11)12)7-9(13)14/h2-7H2,1H3,(H,11,12)(H,13,14). The maximum Gasteiger partial charge on any atom is 0.317 e. The topological polar surface area (TPSA) is 87.1 Å². The zero-order chi connectivity index (χ0) is 11.7. The molecule has 6 nitrogen and oxygen atoms in total. The van der Waals surface area contributed by atoms with E-state index >= 15 is 0 Å². The molecule has 0 radical (unpaired) electrons. The number of hydrogen-bond acceptors (Lipinski definition) is 4. The number of carboxylic acid groups (broad SMARTS) is 2. The van der Waals surface area contributed by atoms with Gasteiger partial charge in [-0.05, 0) is 19.4 Å². The van der Waals surface area contributed by atoms with Gasteiger partial charge in [-0.3, -0.25) is 14.5 Å². The summed E-state index contributed by atoms with van der Waals surface area (Å²) in [7, 11) is 1.59. The van der Waals surface area contributed by atoms with Crippen molar-refractivity contribution in [3.8, 4) is 0 Å². The average molecular weight is 219 g/mol. The van der Waals surface area contributed by atoms with Crippen molar-refractivity contribution in [1.82, 2.24) is 4.90 Å². The van der Waals surface area contributed by atoms with E-state index in [1.54, 1.807) is 7.11 Å². The summed E-state index contributed by atoms with van der Waals surface area (Å²) in [6, 6.07) is 0. The highest BCUT2D eigenvalue weighted by Gasteiger charge is 2.12. The lowest BCUT2D eigenvalue weighted by atomic mass is 10.3. The van der Waals surface area contributed by atoms with Gasteiger partial charge in [0.25, 0.3) is 0 Å². The van der Waals surface area contributed by atoms with Gasteiger partial charge in [0.15, 0.2) is 0 Å². The zero-order valence-electron chi connectivity index (χ0n) is 8.81. The molecular weight excluding hydrogens is 202 g/mol. The lowest BCUT2D eigenvalue weighted by Crippen LogP contribution is -2.35. The minimum atomic E-state index is -1.01. The van der Waals surface area contributed by atoms with E-state index < -0.39 is 11.9 Å². The van der Waals surface area contributed by atoms with Crippen LogP contribution in [0.4, 0.5) is 0 Å². The molecule has 15 heavy (non-hydrogen) atoms. The highest BCUT2D eigenvalue weighted by Crippen LogP contribution is 1.96. The van der Waals surface area contributed by atoms with Crippen LogP contribution < -0.4 is 0 Å². The van der Waals surface area contributed by atoms with E-state index in [0.717, 1.165) is 12.8 Å². The summed E-state index contributed by atoms with van der Waals surface area (Å²) in [6.45, 7) is 0.592. The van der Waals surface area contributed by atoms with Gasteiger partial charge < -0.3 is 14.9 Å². The fourth-order valence-corrected chi connectivity index (χ4v) is 1.18. The van der Waals surface area contributed by atoms with Crippen LogP contribution in [0.25, 0.3) is 0 Å². The van der Waals surface area contributed by atoms with E-state index in [1.807, 2.05) is 0 Å². The minimum Gasteiger partial charge on any atom is -0.480 e. The number of aliphatic carboxylic acids is 2. The minimum absolute atomic E-state index is 0.237. The molecule has 0 heterocycles. The molecule has 6 heteroatoms. The number of rotatable bonds is 9. The molecule has 0 atom stereocenters. The third kappa shape index (κ3) is 9.17. The van der Waals surface area contributed by atoms with Gasteiger partial charge in [0.1, 0.15) is 0 Å². The lowest BCUT2D eigenvalue weighted by molar-refractivity contribution is -0.141. The molecule has 0 aliphatic heterocycles. The van der Waals surface area contributed by atoms with E-state index in [0.29, 0.717) is 13.2 Å². The second-order valence-electron chi connectivity index (χ2n) is 3.20. The van der Waals surface area contributed by atoms with Crippen LogP contribution in [0.3, 0.4) is 0 Å². The third-order valence-corrected chi connectivity index (χ3v) is 1.79. The van der Waals surface area contributed by atoms with Gasteiger partial charge in [0.05, 0.1) is 13.1 Å². The fraction of sp³-hybridized carbons (Fsp3) is 0.778. The molecule has 0 rings (SSSR count). The maximum absolute atomic E-state index is 10.4. The molecule has 0 fully saturated rings. The van der Waals surface area contributed by atoms with E-state index in [4.69, 9.17) is 14.9 Å². The summed E-state index contributed by atoms with van der Waals surface area (Å²) in [5, 5.41) is 17.1. The van der Waals surface area contributed by atoms with E-state index in [1.165, 1.54) is 4.90 Å². The second-order valence-corrected chi connectivity index (χ2v) is 3.20. The quantitative estimate of drug-likeness (QED) is 0.526. The van der Waals surface area contributed by atoms with Crippen LogP contribution in [0.2, 0.25) is 0 Å². The number of nitrogens with zero attached hydrogens (tertiary/aromatic N) is 1. The van der Waals surface area contributed by atoms with Gasteiger partial charge in [-0.1, -0.05) is 0 Å². The first kappa shape index (κ1) is 13.9. The smallest absolute Gasteiger partial charge is 0.317 e. The van der Waals surface area contributed by atoms with Gasteiger partial charge in [0.2, 0.25) is 0 Å². The van der Waals surface area contributed by atoms with Crippen LogP contribution in [-0.2, 0) is 14.3 Å². The average Bonchev–Trinajstić information content (AvgIpc) is 2.10. The Bertz CT molecular complexity index is 191. The van der Waals surface area contributed by atoms with Crippen LogP contribution in [0.5, 0.6) is 0 Å². The SMILES string of the molecule is COCCCCN(CC(=O)O)CC(=O)O. The van der Waals surface area contributed by atoms with E-state index in [9.17, 15) is 9.59 Å². The largest absolute Gasteiger partial charge is 0.480 e. The van der Waals surface area contributed by atoms with Crippen molar-refractivity contribution in [2.24, 2.45) is 0 Å². The van der Waals surface area contributed by atoms with Crippen LogP contribution in [-0.4, -0.2) is 60.4 Å². The van der Waals surface area contributed by atoms with Crippen molar-refractivity contribution < 1.29 is 24.5 Å². The van der Waals surface area contributed by atoms with Crippen molar-refractivity contribution >= 4 is 11.9 Å². The number of ether oxygens (including phenoxy) is 1. The van der Waals surface area contributed by atoms with Crippen molar-refractivity contribution in [3.63, 3.8) is 0 Å². The Morgan fingerprint density at radius 2 is 1.67 bits per heavy atom. The number of unbranched alkanes of at least 4 members (excludes halogenated alkanes) is 1. The summed E-state index contributed by atoms with van der Waals surface area (Å²) in [4.78, 5) is 22.2. The number of carboxylic acids is 2. The summed E-state index contributed by atoms with van der Waals surface area (Å²) >= 11 is 0. The van der Waals surface area contributed by atoms with Gasteiger partial charge >= 0.3 is 11.9 Å². The molecule has 0 aliphatic rings. The first-order chi connectivity index (χ1) is 7.06. The molecule has 0 aromatic heterocycles. The lowest BCUT2D eigenvalue weighted by Gasteiger charge is -2.17. The Hall–Kier alpha value is -1.14. The normalized spacial score (nSPS) is 10.5. The zero-order valence-corrected chi connectivity index (χ0v) is 8.81. The highest BCUT2D eigenvalue weighted by molar-refractivity contribution is 5.72. The Labute approximate surface area is 88.4 Å². The van der Waals surface area contributed by atoms with Gasteiger partial charge in [0, 0.05) is 13.7 Å². The second kappa shape index (κ2) is 8.19. The molecule has 0 amide bonds. The number of methoxy groups -OCH3 is 1. The summed E-state index contributed by atoms with van der Waals surface area (Å²) < 4.78 is 4.83. The summed E-state index contributed by atoms with van der Waals surface area (Å²) in [6.07, 6.45) is 1.53. The summed E-state index contributed by atoms with van der Waals surface area (Å²) in [5.41, 5.74) is 0. The molecule has 0 spiro atoms. The first-order valence-corrected chi connectivity index (χ1v) is 4.71. The van der Waals surface area contributed by atoms with E-state index in [2.05, 4.69) is 0 Å². The molecule has 0 aromatic carbocycles. The monoisotopic (exact) mass is 219 g/mol. The highest BCUT2D eigenvalue weighted by atomic mass is 16.5. The van der Waals surface area contributed by atoms with Gasteiger partial charge in [-0.2, -0.15) is 0 Å². The van der Waals surface area contributed by atoms with Gasteiger partial charge in [-0.25, -0.2) is 0 Å². The van der Waals surface area contributed by atoms with Crippen LogP contribution >= 0.6 is 0 Å². The molecule has 0 saturated heterocycles. The van der Waals surface area contributed by atoms with Crippen LogP contribution in [0.15, 0.2) is 0 Å². The maximum atomic E-state index is 10.4. The molecule has 0 unspecified atom stereocenters. The van der Waals surface area contributed by atoms with E-state index in [-0.39, 0.29) is 13.1 Å². The predicted molar refractivity (Wildman–Crippen MR) is 52.8 cm³/mol. The molecule has 0 aromatic rings. The Morgan fingerprint density at radius 1 is 1.13 bits per heavy atom. The van der Waals surface area contributed by atoms with Crippen LogP contribution in [0, 0.1) is 0 Å². The first-order valence-electron chi connectivity index (χ1n) is 4.71. The molecule has 0 bridgehead atoms. The van der Waals surface area contributed by atoms with Crippen LogP contribution in [0.1, 0.15) is 12.8 Å². The van der Waals surface area contributed by atoms with Crippen molar-refractivity contribution in [1.29, 1.82) is 0 Å². The Balaban J connectivity index is 3.79. The molecule has 0 aliphatic carbocycles. The molecule has 2 N–H and O–H groups in total. The van der Waals surface area contributed by atoms with Crippen molar-refractivity contribution in [2.45, 2.75) is 12.8 Å². The predicted octanol–water partition coefficient (Wildman–Crippen LogP) is -0.116. The Morgan fingerprint density at radius 3 is 2.07 bits per heavy atom. The summed E-state index contributed by atoms with van der Waals surface area (Å²) in [5.74, 6) is -2.02.